The van der Waals surface area contributed by atoms with Crippen LogP contribution in [0.1, 0.15) is 24.8 Å². The van der Waals surface area contributed by atoms with E-state index in [9.17, 15) is 8.42 Å². The SMILES string of the molecule is Cc1ccc(-c2ccc(S(=O)(=O)N3CCCCC3)cc2)cc1. The number of hydrogen-bond donors (Lipinski definition) is 0. The Morgan fingerprint density at radius 2 is 1.27 bits per heavy atom. The molecule has 0 radical (unpaired) electrons. The monoisotopic (exact) mass is 315 g/mol. The van der Waals surface area contributed by atoms with Gasteiger partial charge in [0.25, 0.3) is 0 Å². The fourth-order valence-electron chi connectivity index (χ4n) is 2.82. The van der Waals surface area contributed by atoms with Crippen LogP contribution in [0.25, 0.3) is 11.1 Å². The lowest BCUT2D eigenvalue weighted by Crippen LogP contribution is -2.35. The first kappa shape index (κ1) is 15.3. The van der Waals surface area contributed by atoms with Gasteiger partial charge in [0.15, 0.2) is 0 Å². The first-order chi connectivity index (χ1) is 10.6. The molecule has 0 aliphatic carbocycles. The summed E-state index contributed by atoms with van der Waals surface area (Å²) >= 11 is 0. The standard InChI is InChI=1S/C18H21NO2S/c1-15-5-7-16(8-6-15)17-9-11-18(12-10-17)22(20,21)19-13-3-2-4-14-19/h5-12H,2-4,13-14H2,1H3. The third-order valence-electron chi connectivity index (χ3n) is 4.19. The van der Waals surface area contributed by atoms with Crippen molar-refractivity contribution in [1.82, 2.24) is 4.31 Å². The molecule has 1 aliphatic rings. The van der Waals surface area contributed by atoms with Crippen LogP contribution in [0.5, 0.6) is 0 Å². The molecule has 1 fully saturated rings. The van der Waals surface area contributed by atoms with Crippen LogP contribution in [-0.2, 0) is 10.0 Å². The van der Waals surface area contributed by atoms with Gasteiger partial charge in [-0.2, -0.15) is 4.31 Å². The van der Waals surface area contributed by atoms with E-state index in [1.54, 1.807) is 16.4 Å². The fraction of sp³-hybridized carbons (Fsp3) is 0.333. The van der Waals surface area contributed by atoms with Gasteiger partial charge in [0.05, 0.1) is 4.90 Å². The van der Waals surface area contributed by atoms with Crippen LogP contribution in [-0.4, -0.2) is 25.8 Å². The van der Waals surface area contributed by atoms with Gasteiger partial charge in [0.1, 0.15) is 0 Å². The van der Waals surface area contributed by atoms with E-state index in [-0.39, 0.29) is 0 Å². The van der Waals surface area contributed by atoms with Crippen molar-refractivity contribution >= 4 is 10.0 Å². The molecule has 0 aromatic heterocycles. The Morgan fingerprint density at radius 1 is 0.773 bits per heavy atom. The Kier molecular flexibility index (Phi) is 4.32. The van der Waals surface area contributed by atoms with Gasteiger partial charge in [-0.1, -0.05) is 48.4 Å². The van der Waals surface area contributed by atoms with E-state index in [1.165, 1.54) is 5.56 Å². The number of aryl methyl sites for hydroxylation is 1. The van der Waals surface area contributed by atoms with Crippen molar-refractivity contribution in [3.8, 4) is 11.1 Å². The van der Waals surface area contributed by atoms with Crippen LogP contribution in [0.4, 0.5) is 0 Å². The summed E-state index contributed by atoms with van der Waals surface area (Å²) in [4.78, 5) is 0.394. The molecular formula is C18H21NO2S. The van der Waals surface area contributed by atoms with E-state index < -0.39 is 10.0 Å². The average molecular weight is 315 g/mol. The summed E-state index contributed by atoms with van der Waals surface area (Å²) in [5.41, 5.74) is 3.36. The van der Waals surface area contributed by atoms with E-state index in [0.29, 0.717) is 18.0 Å². The van der Waals surface area contributed by atoms with E-state index in [4.69, 9.17) is 0 Å². The Labute approximate surface area is 132 Å². The fourth-order valence-corrected chi connectivity index (χ4v) is 4.34. The molecule has 0 amide bonds. The minimum Gasteiger partial charge on any atom is -0.207 e. The van der Waals surface area contributed by atoms with Gasteiger partial charge in [-0.05, 0) is 43.0 Å². The molecular weight excluding hydrogens is 294 g/mol. The molecule has 116 valence electrons. The maximum absolute atomic E-state index is 12.6. The first-order valence-corrected chi connectivity index (χ1v) is 9.19. The Hall–Kier alpha value is -1.65. The number of hydrogen-bond acceptors (Lipinski definition) is 2. The van der Waals surface area contributed by atoms with Crippen molar-refractivity contribution in [2.45, 2.75) is 31.1 Å². The second-order valence-corrected chi connectivity index (χ2v) is 7.79. The molecule has 3 nitrogen and oxygen atoms in total. The molecule has 0 bridgehead atoms. The molecule has 22 heavy (non-hydrogen) atoms. The van der Waals surface area contributed by atoms with Crippen molar-refractivity contribution in [3.63, 3.8) is 0 Å². The summed E-state index contributed by atoms with van der Waals surface area (Å²) in [5.74, 6) is 0. The van der Waals surface area contributed by atoms with Crippen molar-refractivity contribution in [1.29, 1.82) is 0 Å². The number of nitrogens with zero attached hydrogens (tertiary/aromatic N) is 1. The first-order valence-electron chi connectivity index (χ1n) is 7.75. The lowest BCUT2D eigenvalue weighted by Gasteiger charge is -2.25. The number of sulfonamides is 1. The van der Waals surface area contributed by atoms with Crippen molar-refractivity contribution < 1.29 is 8.42 Å². The summed E-state index contributed by atoms with van der Waals surface area (Å²) in [7, 11) is -3.33. The van der Waals surface area contributed by atoms with Gasteiger partial charge >= 0.3 is 0 Å². The third kappa shape index (κ3) is 3.08. The molecule has 2 aromatic rings. The van der Waals surface area contributed by atoms with Crippen LogP contribution in [0.2, 0.25) is 0 Å². The molecule has 0 spiro atoms. The molecule has 3 rings (SSSR count). The molecule has 1 saturated heterocycles. The van der Waals surface area contributed by atoms with Crippen LogP contribution in [0.3, 0.4) is 0 Å². The Balaban J connectivity index is 1.86. The lowest BCUT2D eigenvalue weighted by molar-refractivity contribution is 0.346. The van der Waals surface area contributed by atoms with Gasteiger partial charge in [0, 0.05) is 13.1 Å². The largest absolute Gasteiger partial charge is 0.243 e. The number of benzene rings is 2. The zero-order valence-corrected chi connectivity index (χ0v) is 13.6. The molecule has 0 N–H and O–H groups in total. The number of piperidine rings is 1. The van der Waals surface area contributed by atoms with Crippen LogP contribution in [0, 0.1) is 6.92 Å². The zero-order chi connectivity index (χ0) is 15.6. The summed E-state index contributed by atoms with van der Waals surface area (Å²) in [6, 6.07) is 15.5. The smallest absolute Gasteiger partial charge is 0.207 e. The predicted molar refractivity (Wildman–Crippen MR) is 89.2 cm³/mol. The van der Waals surface area contributed by atoms with Gasteiger partial charge in [0.2, 0.25) is 10.0 Å². The summed E-state index contributed by atoms with van der Waals surface area (Å²) < 4.78 is 26.8. The highest BCUT2D eigenvalue weighted by molar-refractivity contribution is 7.89. The predicted octanol–water partition coefficient (Wildman–Crippen LogP) is 3.84. The van der Waals surface area contributed by atoms with E-state index in [2.05, 4.69) is 31.2 Å². The third-order valence-corrected chi connectivity index (χ3v) is 6.10. The van der Waals surface area contributed by atoms with E-state index in [1.807, 2.05) is 12.1 Å². The van der Waals surface area contributed by atoms with E-state index in [0.717, 1.165) is 30.4 Å². The Bertz CT molecular complexity index is 728. The molecule has 0 unspecified atom stereocenters. The summed E-state index contributed by atoms with van der Waals surface area (Å²) in [6.07, 6.45) is 3.04. The van der Waals surface area contributed by atoms with Crippen molar-refractivity contribution in [2.75, 3.05) is 13.1 Å². The second-order valence-electron chi connectivity index (χ2n) is 5.86. The van der Waals surface area contributed by atoms with E-state index >= 15 is 0 Å². The summed E-state index contributed by atoms with van der Waals surface area (Å²) in [5, 5.41) is 0. The van der Waals surface area contributed by atoms with Gasteiger partial charge in [-0.25, -0.2) is 8.42 Å². The Morgan fingerprint density at radius 3 is 1.82 bits per heavy atom. The van der Waals surface area contributed by atoms with Crippen LogP contribution >= 0.6 is 0 Å². The average Bonchev–Trinajstić information content (AvgIpc) is 2.56. The quantitative estimate of drug-likeness (QED) is 0.863. The van der Waals surface area contributed by atoms with Gasteiger partial charge in [-0.3, -0.25) is 0 Å². The molecule has 1 aliphatic heterocycles. The molecule has 0 saturated carbocycles. The topological polar surface area (TPSA) is 37.4 Å². The minimum atomic E-state index is -3.33. The molecule has 4 heteroatoms. The maximum atomic E-state index is 12.6. The van der Waals surface area contributed by atoms with Gasteiger partial charge < -0.3 is 0 Å². The van der Waals surface area contributed by atoms with Gasteiger partial charge in [-0.15, -0.1) is 0 Å². The molecule has 2 aromatic carbocycles. The second kappa shape index (κ2) is 6.23. The van der Waals surface area contributed by atoms with Crippen LogP contribution < -0.4 is 0 Å². The normalized spacial score (nSPS) is 16.6. The lowest BCUT2D eigenvalue weighted by atomic mass is 10.0. The molecule has 0 atom stereocenters. The highest BCUT2D eigenvalue weighted by Crippen LogP contribution is 2.24. The van der Waals surface area contributed by atoms with Crippen molar-refractivity contribution in [3.05, 3.63) is 54.1 Å². The van der Waals surface area contributed by atoms with Crippen LogP contribution in [0.15, 0.2) is 53.4 Å². The number of rotatable bonds is 3. The highest BCUT2D eigenvalue weighted by atomic mass is 32.2. The summed E-state index contributed by atoms with van der Waals surface area (Å²) in [6.45, 7) is 3.34. The minimum absolute atomic E-state index is 0.394. The van der Waals surface area contributed by atoms with Crippen molar-refractivity contribution in [2.24, 2.45) is 0 Å². The molecule has 1 heterocycles. The zero-order valence-electron chi connectivity index (χ0n) is 12.8. The highest BCUT2D eigenvalue weighted by Gasteiger charge is 2.25. The maximum Gasteiger partial charge on any atom is 0.243 e.